The van der Waals surface area contributed by atoms with Crippen LogP contribution >= 0.6 is 12.4 Å². The molecule has 0 spiro atoms. The number of amides is 1. The SMILES string of the molecule is Cc1cc(NC(=O)C2C3CCC(C3)C2N)ccc1OC(C)C.Cl. The van der Waals surface area contributed by atoms with E-state index in [1.165, 1.54) is 6.42 Å². The zero-order chi connectivity index (χ0) is 15.9. The minimum atomic E-state index is -0.0225. The van der Waals surface area contributed by atoms with Crippen LogP contribution in [0.1, 0.15) is 38.7 Å². The van der Waals surface area contributed by atoms with Crippen molar-refractivity contribution in [2.24, 2.45) is 23.5 Å². The maximum Gasteiger partial charge on any atom is 0.229 e. The van der Waals surface area contributed by atoms with Gasteiger partial charge in [-0.15, -0.1) is 12.4 Å². The van der Waals surface area contributed by atoms with Crippen LogP contribution in [-0.4, -0.2) is 18.1 Å². The molecular formula is C18H27ClN2O2. The van der Waals surface area contributed by atoms with Gasteiger partial charge in [-0.3, -0.25) is 4.79 Å². The highest BCUT2D eigenvalue weighted by Gasteiger charge is 2.49. The van der Waals surface area contributed by atoms with E-state index in [4.69, 9.17) is 10.5 Å². The van der Waals surface area contributed by atoms with E-state index in [-0.39, 0.29) is 36.4 Å². The van der Waals surface area contributed by atoms with Gasteiger partial charge in [0.2, 0.25) is 5.91 Å². The highest BCUT2D eigenvalue weighted by molar-refractivity contribution is 5.93. The standard InChI is InChI=1S/C18H26N2O2.ClH/c1-10(2)22-15-7-6-14(8-11(15)3)20-18(21)16-12-4-5-13(9-12)17(16)19;/h6-8,10,12-13,16-17H,4-5,9,19H2,1-3H3,(H,20,21);1H. The maximum atomic E-state index is 12.6. The van der Waals surface area contributed by atoms with Crippen LogP contribution < -0.4 is 15.8 Å². The minimum Gasteiger partial charge on any atom is -0.491 e. The number of nitrogens with two attached hydrogens (primary N) is 1. The van der Waals surface area contributed by atoms with Crippen molar-refractivity contribution >= 4 is 24.0 Å². The summed E-state index contributed by atoms with van der Waals surface area (Å²) in [6.07, 6.45) is 3.61. The first-order valence-electron chi connectivity index (χ1n) is 8.29. The molecule has 1 aromatic rings. The summed E-state index contributed by atoms with van der Waals surface area (Å²) >= 11 is 0. The average Bonchev–Trinajstić information content (AvgIpc) is 3.02. The van der Waals surface area contributed by atoms with Crippen molar-refractivity contribution < 1.29 is 9.53 Å². The first-order chi connectivity index (χ1) is 10.5. The third-order valence-corrected chi connectivity index (χ3v) is 5.09. The van der Waals surface area contributed by atoms with Gasteiger partial charge in [0.15, 0.2) is 0 Å². The number of carbonyl (C=O) groups is 1. The van der Waals surface area contributed by atoms with Gasteiger partial charge in [0, 0.05) is 11.7 Å². The Balaban J connectivity index is 0.00000192. The second-order valence-electron chi connectivity index (χ2n) is 7.07. The van der Waals surface area contributed by atoms with E-state index in [9.17, 15) is 4.79 Å². The van der Waals surface area contributed by atoms with Crippen LogP contribution in [-0.2, 0) is 4.79 Å². The summed E-state index contributed by atoms with van der Waals surface area (Å²) in [7, 11) is 0. The highest BCUT2D eigenvalue weighted by Crippen LogP contribution is 2.47. The molecule has 3 N–H and O–H groups in total. The summed E-state index contributed by atoms with van der Waals surface area (Å²) in [5.41, 5.74) is 8.11. The Kier molecular flexibility index (Phi) is 5.58. The monoisotopic (exact) mass is 338 g/mol. The van der Waals surface area contributed by atoms with Gasteiger partial charge in [0.05, 0.1) is 12.0 Å². The quantitative estimate of drug-likeness (QED) is 0.882. The van der Waals surface area contributed by atoms with Gasteiger partial charge < -0.3 is 15.8 Å². The van der Waals surface area contributed by atoms with Crippen molar-refractivity contribution in [3.05, 3.63) is 23.8 Å². The van der Waals surface area contributed by atoms with Crippen molar-refractivity contribution in [3.63, 3.8) is 0 Å². The van der Waals surface area contributed by atoms with Crippen LogP contribution in [0.2, 0.25) is 0 Å². The number of hydrogen-bond acceptors (Lipinski definition) is 3. The summed E-state index contributed by atoms with van der Waals surface area (Å²) < 4.78 is 5.73. The van der Waals surface area contributed by atoms with E-state index in [1.807, 2.05) is 39.0 Å². The molecule has 2 fully saturated rings. The molecule has 2 saturated carbocycles. The fourth-order valence-corrected chi connectivity index (χ4v) is 4.06. The first kappa shape index (κ1) is 18.1. The fraction of sp³-hybridized carbons (Fsp3) is 0.611. The number of nitrogens with one attached hydrogen (secondary N) is 1. The topological polar surface area (TPSA) is 64.4 Å². The molecule has 1 amide bonds. The van der Waals surface area contributed by atoms with Gasteiger partial charge in [0.1, 0.15) is 5.75 Å². The fourth-order valence-electron chi connectivity index (χ4n) is 4.06. The summed E-state index contributed by atoms with van der Waals surface area (Å²) in [6.45, 7) is 6.01. The zero-order valence-corrected chi connectivity index (χ0v) is 14.9. The molecule has 4 atom stereocenters. The Labute approximate surface area is 144 Å². The minimum absolute atomic E-state index is 0. The van der Waals surface area contributed by atoms with E-state index in [0.29, 0.717) is 11.8 Å². The molecule has 0 aromatic heterocycles. The summed E-state index contributed by atoms with van der Waals surface area (Å²) in [4.78, 5) is 12.6. The molecule has 128 valence electrons. The Morgan fingerprint density at radius 1 is 1.30 bits per heavy atom. The van der Waals surface area contributed by atoms with Crippen molar-refractivity contribution in [2.75, 3.05) is 5.32 Å². The van der Waals surface area contributed by atoms with Crippen LogP contribution in [0.4, 0.5) is 5.69 Å². The smallest absolute Gasteiger partial charge is 0.229 e. The molecule has 3 rings (SSSR count). The van der Waals surface area contributed by atoms with Gasteiger partial charge >= 0.3 is 0 Å². The summed E-state index contributed by atoms with van der Waals surface area (Å²) in [6, 6.07) is 5.82. The number of anilines is 1. The molecule has 4 nitrogen and oxygen atoms in total. The molecule has 2 aliphatic rings. The number of hydrogen-bond donors (Lipinski definition) is 2. The molecule has 0 heterocycles. The Morgan fingerprint density at radius 2 is 2.00 bits per heavy atom. The second kappa shape index (κ2) is 7.10. The maximum absolute atomic E-state index is 12.6. The second-order valence-corrected chi connectivity index (χ2v) is 7.07. The molecule has 5 heteroatoms. The molecule has 1 aromatic carbocycles. The first-order valence-corrected chi connectivity index (χ1v) is 8.29. The number of halogens is 1. The van der Waals surface area contributed by atoms with Crippen LogP contribution in [0.5, 0.6) is 5.75 Å². The third kappa shape index (κ3) is 3.64. The van der Waals surface area contributed by atoms with Crippen LogP contribution in [0.3, 0.4) is 0 Å². The Morgan fingerprint density at radius 3 is 2.57 bits per heavy atom. The molecule has 2 aliphatic carbocycles. The van der Waals surface area contributed by atoms with Gasteiger partial charge in [-0.05, 0) is 75.6 Å². The van der Waals surface area contributed by atoms with Gasteiger partial charge in [-0.1, -0.05) is 0 Å². The van der Waals surface area contributed by atoms with E-state index in [0.717, 1.165) is 29.8 Å². The molecule has 0 radical (unpaired) electrons. The Bertz CT molecular complexity index is 574. The van der Waals surface area contributed by atoms with Crippen LogP contribution in [0.15, 0.2) is 18.2 Å². The summed E-state index contributed by atoms with van der Waals surface area (Å²) in [5, 5.41) is 3.05. The lowest BCUT2D eigenvalue weighted by atomic mass is 9.84. The van der Waals surface area contributed by atoms with Crippen LogP contribution in [0, 0.1) is 24.7 Å². The Hall–Kier alpha value is -1.26. The average molecular weight is 339 g/mol. The van der Waals surface area contributed by atoms with E-state index >= 15 is 0 Å². The number of benzene rings is 1. The number of carbonyl (C=O) groups excluding carboxylic acids is 1. The predicted octanol–water partition coefficient (Wildman–Crippen LogP) is 3.52. The molecule has 2 bridgehead atoms. The lowest BCUT2D eigenvalue weighted by Crippen LogP contribution is -2.42. The molecule has 23 heavy (non-hydrogen) atoms. The van der Waals surface area contributed by atoms with E-state index in [2.05, 4.69) is 5.32 Å². The van der Waals surface area contributed by atoms with Gasteiger partial charge in [-0.25, -0.2) is 0 Å². The molecular weight excluding hydrogens is 312 g/mol. The van der Waals surface area contributed by atoms with E-state index in [1.54, 1.807) is 0 Å². The van der Waals surface area contributed by atoms with Crippen molar-refractivity contribution in [2.45, 2.75) is 52.2 Å². The summed E-state index contributed by atoms with van der Waals surface area (Å²) in [5.74, 6) is 1.95. The van der Waals surface area contributed by atoms with E-state index < -0.39 is 0 Å². The van der Waals surface area contributed by atoms with Crippen molar-refractivity contribution in [3.8, 4) is 5.75 Å². The lowest BCUT2D eigenvalue weighted by molar-refractivity contribution is -0.121. The van der Waals surface area contributed by atoms with Crippen molar-refractivity contribution in [1.82, 2.24) is 0 Å². The largest absolute Gasteiger partial charge is 0.491 e. The van der Waals surface area contributed by atoms with Crippen LogP contribution in [0.25, 0.3) is 0 Å². The normalized spacial score (nSPS) is 28.6. The van der Waals surface area contributed by atoms with Gasteiger partial charge in [0.25, 0.3) is 0 Å². The molecule has 0 aliphatic heterocycles. The number of aryl methyl sites for hydroxylation is 1. The predicted molar refractivity (Wildman–Crippen MR) is 95.1 cm³/mol. The number of rotatable bonds is 4. The molecule has 4 unspecified atom stereocenters. The third-order valence-electron chi connectivity index (χ3n) is 5.09. The lowest BCUT2D eigenvalue weighted by Gasteiger charge is -2.27. The number of ether oxygens (including phenoxy) is 1. The van der Waals surface area contributed by atoms with Crippen molar-refractivity contribution in [1.29, 1.82) is 0 Å². The zero-order valence-electron chi connectivity index (χ0n) is 14.0. The molecule has 0 saturated heterocycles. The number of fused-ring (bicyclic) bond motifs is 2. The van der Waals surface area contributed by atoms with Gasteiger partial charge in [-0.2, -0.15) is 0 Å². The highest BCUT2D eigenvalue weighted by atomic mass is 35.5.